The van der Waals surface area contributed by atoms with Crippen molar-refractivity contribution in [3.8, 4) is 0 Å². The molecule has 27 heavy (non-hydrogen) atoms. The van der Waals surface area contributed by atoms with Crippen molar-refractivity contribution in [1.82, 2.24) is 0 Å². The molecule has 1 atom stereocenters. The number of esters is 1. The molecule has 0 aromatic heterocycles. The molecule has 0 bridgehead atoms. The second-order valence-electron chi connectivity index (χ2n) is 6.36. The molecule has 0 aliphatic carbocycles. The molecule has 3 rings (SSSR count). The third-order valence-electron chi connectivity index (χ3n) is 4.35. The summed E-state index contributed by atoms with van der Waals surface area (Å²) in [7, 11) is 0. The first kappa shape index (κ1) is 18.9. The topological polar surface area (TPSA) is 75.7 Å². The van der Waals surface area contributed by atoms with Gasteiger partial charge in [0.05, 0.1) is 5.92 Å². The van der Waals surface area contributed by atoms with Gasteiger partial charge in [-0.1, -0.05) is 35.9 Å². The van der Waals surface area contributed by atoms with Crippen LogP contribution in [0, 0.1) is 12.8 Å². The Kier molecular flexibility index (Phi) is 5.76. The van der Waals surface area contributed by atoms with Gasteiger partial charge in [0.15, 0.2) is 6.61 Å². The number of para-hydroxylation sites is 1. The third-order valence-corrected chi connectivity index (χ3v) is 4.58. The minimum Gasteiger partial charge on any atom is -0.455 e. The minimum absolute atomic E-state index is 0.0722. The molecule has 140 valence electrons. The van der Waals surface area contributed by atoms with E-state index in [-0.39, 0.29) is 18.9 Å². The summed E-state index contributed by atoms with van der Waals surface area (Å²) in [5.74, 6) is -1.74. The van der Waals surface area contributed by atoms with Crippen LogP contribution in [0.15, 0.2) is 48.5 Å². The van der Waals surface area contributed by atoms with Crippen molar-refractivity contribution in [3.63, 3.8) is 0 Å². The molecule has 0 spiro atoms. The zero-order chi connectivity index (χ0) is 19.4. The zero-order valence-corrected chi connectivity index (χ0v) is 15.5. The number of halogens is 1. The smallest absolute Gasteiger partial charge is 0.311 e. The van der Waals surface area contributed by atoms with Crippen LogP contribution in [0.25, 0.3) is 0 Å². The summed E-state index contributed by atoms with van der Waals surface area (Å²) in [6, 6.07) is 14.3. The van der Waals surface area contributed by atoms with Crippen LogP contribution >= 0.6 is 11.6 Å². The largest absolute Gasteiger partial charge is 0.455 e. The Bertz CT molecular complexity index is 870. The number of nitrogens with zero attached hydrogens (tertiary/aromatic N) is 1. The van der Waals surface area contributed by atoms with Gasteiger partial charge >= 0.3 is 5.97 Å². The number of carbonyl (C=O) groups excluding carboxylic acids is 3. The molecule has 1 N–H and O–H groups in total. The lowest BCUT2D eigenvalue weighted by Crippen LogP contribution is -2.28. The zero-order valence-electron chi connectivity index (χ0n) is 14.8. The molecule has 2 aromatic carbocycles. The van der Waals surface area contributed by atoms with E-state index in [2.05, 4.69) is 5.32 Å². The summed E-state index contributed by atoms with van der Waals surface area (Å²) in [6.07, 6.45) is 0.0722. The number of anilines is 2. The van der Waals surface area contributed by atoms with Crippen molar-refractivity contribution >= 4 is 40.8 Å². The van der Waals surface area contributed by atoms with Gasteiger partial charge < -0.3 is 15.0 Å². The fraction of sp³-hybridized carbons (Fsp3) is 0.250. The fourth-order valence-corrected chi connectivity index (χ4v) is 3.06. The van der Waals surface area contributed by atoms with Crippen LogP contribution in [0.1, 0.15) is 12.0 Å². The van der Waals surface area contributed by atoms with E-state index in [1.54, 1.807) is 23.1 Å². The molecule has 6 nitrogen and oxygen atoms in total. The van der Waals surface area contributed by atoms with Crippen molar-refractivity contribution in [2.45, 2.75) is 13.3 Å². The summed E-state index contributed by atoms with van der Waals surface area (Å²) in [4.78, 5) is 38.0. The maximum atomic E-state index is 12.2. The number of nitrogens with one attached hydrogen (secondary N) is 1. The van der Waals surface area contributed by atoms with Gasteiger partial charge in [0.2, 0.25) is 5.91 Å². The summed E-state index contributed by atoms with van der Waals surface area (Å²) in [5, 5.41) is 3.16. The monoisotopic (exact) mass is 386 g/mol. The molecule has 2 amide bonds. The number of amides is 2. The number of carbonyl (C=O) groups is 3. The number of hydrogen-bond acceptors (Lipinski definition) is 4. The maximum Gasteiger partial charge on any atom is 0.311 e. The summed E-state index contributed by atoms with van der Waals surface area (Å²) in [5.41, 5.74) is 2.15. The van der Waals surface area contributed by atoms with Gasteiger partial charge in [-0.25, -0.2) is 0 Å². The van der Waals surface area contributed by atoms with Gasteiger partial charge in [-0.05, 0) is 36.8 Å². The van der Waals surface area contributed by atoms with Crippen molar-refractivity contribution < 1.29 is 19.1 Å². The van der Waals surface area contributed by atoms with Crippen LogP contribution < -0.4 is 10.2 Å². The SMILES string of the molecule is Cc1ccc(Cl)cc1NC(=O)COC(=O)[C@H]1CC(=O)N(c2ccccc2)C1. The van der Waals surface area contributed by atoms with E-state index in [1.165, 1.54) is 0 Å². The fourth-order valence-electron chi connectivity index (χ4n) is 2.89. The molecular weight excluding hydrogens is 368 g/mol. The molecule has 0 saturated carbocycles. The lowest BCUT2D eigenvalue weighted by atomic mass is 10.1. The Morgan fingerprint density at radius 1 is 1.22 bits per heavy atom. The number of hydrogen-bond donors (Lipinski definition) is 1. The lowest BCUT2D eigenvalue weighted by molar-refractivity contribution is -0.151. The molecule has 1 aliphatic heterocycles. The number of benzene rings is 2. The van der Waals surface area contributed by atoms with Crippen LogP contribution in [-0.4, -0.2) is 30.9 Å². The second kappa shape index (κ2) is 8.22. The number of rotatable bonds is 5. The van der Waals surface area contributed by atoms with E-state index in [9.17, 15) is 14.4 Å². The van der Waals surface area contributed by atoms with Crippen molar-refractivity contribution in [1.29, 1.82) is 0 Å². The maximum absolute atomic E-state index is 12.2. The Hall–Kier alpha value is -2.86. The summed E-state index contributed by atoms with van der Waals surface area (Å²) in [6.45, 7) is 1.66. The molecule has 2 aromatic rings. The second-order valence-corrected chi connectivity index (χ2v) is 6.79. The van der Waals surface area contributed by atoms with Gasteiger partial charge in [0.25, 0.3) is 5.91 Å². The normalized spacial score (nSPS) is 16.3. The Labute approximate surface area is 162 Å². The lowest BCUT2D eigenvalue weighted by Gasteiger charge is -2.16. The number of ether oxygens (including phenoxy) is 1. The Morgan fingerprint density at radius 3 is 2.70 bits per heavy atom. The van der Waals surface area contributed by atoms with Crippen LogP contribution in [0.2, 0.25) is 5.02 Å². The molecule has 0 unspecified atom stereocenters. The molecule has 1 aliphatic rings. The first-order valence-corrected chi connectivity index (χ1v) is 8.90. The predicted molar refractivity (Wildman–Crippen MR) is 103 cm³/mol. The Morgan fingerprint density at radius 2 is 1.96 bits per heavy atom. The van der Waals surface area contributed by atoms with E-state index >= 15 is 0 Å². The van der Waals surface area contributed by atoms with Crippen molar-refractivity contribution in [2.75, 3.05) is 23.4 Å². The molecule has 1 heterocycles. The van der Waals surface area contributed by atoms with E-state index in [4.69, 9.17) is 16.3 Å². The van der Waals surface area contributed by atoms with Crippen LogP contribution in [-0.2, 0) is 19.1 Å². The van der Waals surface area contributed by atoms with Crippen LogP contribution in [0.5, 0.6) is 0 Å². The standard InChI is InChI=1S/C20H19ClN2O4/c1-13-7-8-15(21)10-17(13)22-18(24)12-27-20(26)14-9-19(25)23(11-14)16-5-3-2-4-6-16/h2-8,10,14H,9,11-12H2,1H3,(H,22,24)/t14-/m0/s1. The quantitative estimate of drug-likeness (QED) is 0.801. The number of aryl methyl sites for hydroxylation is 1. The summed E-state index contributed by atoms with van der Waals surface area (Å²) >= 11 is 5.92. The van der Waals surface area contributed by atoms with Gasteiger partial charge in [-0.2, -0.15) is 0 Å². The van der Waals surface area contributed by atoms with E-state index in [0.717, 1.165) is 11.3 Å². The van der Waals surface area contributed by atoms with E-state index < -0.39 is 24.4 Å². The van der Waals surface area contributed by atoms with Gasteiger partial charge in [-0.15, -0.1) is 0 Å². The first-order valence-electron chi connectivity index (χ1n) is 8.52. The van der Waals surface area contributed by atoms with Crippen LogP contribution in [0.3, 0.4) is 0 Å². The van der Waals surface area contributed by atoms with Gasteiger partial charge in [0.1, 0.15) is 0 Å². The Balaban J connectivity index is 1.53. The summed E-state index contributed by atoms with van der Waals surface area (Å²) < 4.78 is 5.10. The minimum atomic E-state index is -0.585. The van der Waals surface area contributed by atoms with Gasteiger partial charge in [-0.3, -0.25) is 14.4 Å². The van der Waals surface area contributed by atoms with Crippen LogP contribution in [0.4, 0.5) is 11.4 Å². The highest BCUT2D eigenvalue weighted by Gasteiger charge is 2.36. The van der Waals surface area contributed by atoms with Crippen molar-refractivity contribution in [3.05, 3.63) is 59.1 Å². The highest BCUT2D eigenvalue weighted by atomic mass is 35.5. The van der Waals surface area contributed by atoms with Gasteiger partial charge in [0, 0.05) is 29.4 Å². The molecule has 1 saturated heterocycles. The van der Waals surface area contributed by atoms with E-state index in [1.807, 2.05) is 37.3 Å². The molecule has 0 radical (unpaired) electrons. The third kappa shape index (κ3) is 4.65. The predicted octanol–water partition coefficient (Wildman–Crippen LogP) is 3.18. The highest BCUT2D eigenvalue weighted by Crippen LogP contribution is 2.25. The average Bonchev–Trinajstić information content (AvgIpc) is 3.05. The van der Waals surface area contributed by atoms with E-state index in [0.29, 0.717) is 10.7 Å². The molecule has 7 heteroatoms. The average molecular weight is 387 g/mol. The molecular formula is C20H19ClN2O4. The van der Waals surface area contributed by atoms with Crippen molar-refractivity contribution in [2.24, 2.45) is 5.92 Å². The first-order chi connectivity index (χ1) is 12.9. The highest BCUT2D eigenvalue weighted by molar-refractivity contribution is 6.31. The molecule has 1 fully saturated rings.